The second-order valence-corrected chi connectivity index (χ2v) is 4.76. The van der Waals surface area contributed by atoms with Crippen LogP contribution in [0.25, 0.3) is 0 Å². The predicted octanol–water partition coefficient (Wildman–Crippen LogP) is 0.108. The molecule has 0 fully saturated rings. The van der Waals surface area contributed by atoms with E-state index in [1.807, 2.05) is 13.8 Å². The number of rotatable bonds is 6. The molecule has 0 aliphatic heterocycles. The fourth-order valence-corrected chi connectivity index (χ4v) is 1.82. The van der Waals surface area contributed by atoms with Crippen LogP contribution in [0.15, 0.2) is 9.59 Å². The van der Waals surface area contributed by atoms with Gasteiger partial charge in [0.1, 0.15) is 17.4 Å². The van der Waals surface area contributed by atoms with Gasteiger partial charge in [0.05, 0.1) is 7.11 Å². The van der Waals surface area contributed by atoms with Crippen LogP contribution in [0.1, 0.15) is 20.3 Å². The van der Waals surface area contributed by atoms with Crippen molar-refractivity contribution in [3.63, 3.8) is 0 Å². The minimum Gasteiger partial charge on any atom is -0.467 e. The van der Waals surface area contributed by atoms with Crippen LogP contribution in [-0.2, 0) is 9.53 Å². The highest BCUT2D eigenvalue weighted by Gasteiger charge is 2.29. The van der Waals surface area contributed by atoms with E-state index in [0.29, 0.717) is 11.5 Å². The standard InChI is InChI=1S/C12H18N2O5/c1-6(2)5-7(12(17)19-4)13-8-9(14(3)18)11(16)10(8)15/h6-7,13,18H,5H2,1-4H3/t7-/m0/s1. The van der Waals surface area contributed by atoms with Crippen LogP contribution in [0.3, 0.4) is 0 Å². The zero-order chi connectivity index (χ0) is 14.7. The highest BCUT2D eigenvalue weighted by molar-refractivity contribution is 5.83. The first-order chi connectivity index (χ1) is 8.79. The van der Waals surface area contributed by atoms with Crippen molar-refractivity contribution in [3.05, 3.63) is 20.4 Å². The first kappa shape index (κ1) is 15.2. The summed E-state index contributed by atoms with van der Waals surface area (Å²) in [5, 5.41) is 12.5. The van der Waals surface area contributed by atoms with Crippen LogP contribution in [0.4, 0.5) is 11.4 Å². The van der Waals surface area contributed by atoms with E-state index in [0.717, 1.165) is 0 Å². The lowest BCUT2D eigenvalue weighted by Gasteiger charge is -2.23. The number of nitrogens with zero attached hydrogens (tertiary/aromatic N) is 1. The molecule has 1 rings (SSSR count). The number of nitrogens with one attached hydrogen (secondary N) is 1. The lowest BCUT2D eigenvalue weighted by molar-refractivity contribution is -0.141. The topological polar surface area (TPSA) is 95.9 Å². The Morgan fingerprint density at radius 3 is 2.37 bits per heavy atom. The number of hydrogen-bond donors (Lipinski definition) is 2. The van der Waals surface area contributed by atoms with Crippen LogP contribution in [-0.4, -0.2) is 31.4 Å². The fourth-order valence-electron chi connectivity index (χ4n) is 1.82. The van der Waals surface area contributed by atoms with Crippen molar-refractivity contribution >= 4 is 17.3 Å². The summed E-state index contributed by atoms with van der Waals surface area (Å²) in [5.41, 5.74) is -1.71. The first-order valence-electron chi connectivity index (χ1n) is 5.89. The van der Waals surface area contributed by atoms with Gasteiger partial charge in [0, 0.05) is 7.05 Å². The summed E-state index contributed by atoms with van der Waals surface area (Å²) in [6, 6.07) is -0.730. The predicted molar refractivity (Wildman–Crippen MR) is 70.4 cm³/mol. The molecule has 0 aliphatic rings. The van der Waals surface area contributed by atoms with Gasteiger partial charge in [-0.05, 0) is 12.3 Å². The van der Waals surface area contributed by atoms with Crippen LogP contribution in [0.2, 0.25) is 0 Å². The van der Waals surface area contributed by atoms with Gasteiger partial charge in [0.2, 0.25) is 0 Å². The summed E-state index contributed by atoms with van der Waals surface area (Å²) in [6.45, 7) is 3.83. The highest BCUT2D eigenvalue weighted by Crippen LogP contribution is 2.20. The summed E-state index contributed by atoms with van der Waals surface area (Å²) in [5.74, 6) is -0.327. The molecular weight excluding hydrogens is 252 g/mol. The van der Waals surface area contributed by atoms with E-state index >= 15 is 0 Å². The third kappa shape index (κ3) is 3.11. The maximum absolute atomic E-state index is 11.6. The number of hydrogen-bond acceptors (Lipinski definition) is 7. The van der Waals surface area contributed by atoms with Crippen molar-refractivity contribution in [2.24, 2.45) is 5.92 Å². The summed E-state index contributed by atoms with van der Waals surface area (Å²) in [6.07, 6.45) is 0.445. The molecule has 0 unspecified atom stereocenters. The molecule has 2 N–H and O–H groups in total. The number of carbonyl (C=O) groups is 1. The van der Waals surface area contributed by atoms with Gasteiger partial charge in [-0.25, -0.2) is 4.79 Å². The number of anilines is 2. The average molecular weight is 270 g/mol. The van der Waals surface area contributed by atoms with E-state index in [4.69, 9.17) is 0 Å². The average Bonchev–Trinajstić information content (AvgIpc) is 2.34. The minimum atomic E-state index is -0.777. The molecule has 0 aromatic heterocycles. The second kappa shape index (κ2) is 5.83. The molecular formula is C12H18N2O5. The zero-order valence-corrected chi connectivity index (χ0v) is 11.4. The number of carbonyl (C=O) groups excluding carboxylic acids is 1. The smallest absolute Gasteiger partial charge is 0.328 e. The molecule has 0 radical (unpaired) electrons. The Morgan fingerprint density at radius 1 is 1.37 bits per heavy atom. The lowest BCUT2D eigenvalue weighted by Crippen LogP contribution is -2.44. The molecule has 1 aromatic rings. The molecule has 19 heavy (non-hydrogen) atoms. The van der Waals surface area contributed by atoms with Crippen LogP contribution >= 0.6 is 0 Å². The van der Waals surface area contributed by atoms with Crippen LogP contribution < -0.4 is 21.2 Å². The Morgan fingerprint density at radius 2 is 1.95 bits per heavy atom. The van der Waals surface area contributed by atoms with E-state index in [9.17, 15) is 19.6 Å². The summed E-state index contributed by atoms with van der Waals surface area (Å²) in [4.78, 5) is 34.3. The molecule has 7 nitrogen and oxygen atoms in total. The zero-order valence-electron chi connectivity index (χ0n) is 11.4. The Balaban J connectivity index is 2.98. The molecule has 0 saturated carbocycles. The van der Waals surface area contributed by atoms with Gasteiger partial charge in [-0.3, -0.25) is 19.9 Å². The van der Waals surface area contributed by atoms with Gasteiger partial charge >= 0.3 is 5.97 Å². The quantitative estimate of drug-likeness (QED) is 0.430. The third-order valence-corrected chi connectivity index (χ3v) is 2.72. The molecule has 1 aromatic carbocycles. The Kier molecular flexibility index (Phi) is 4.66. The number of ether oxygens (including phenoxy) is 1. The van der Waals surface area contributed by atoms with Crippen molar-refractivity contribution in [1.82, 2.24) is 0 Å². The van der Waals surface area contributed by atoms with Gasteiger partial charge < -0.3 is 10.1 Å². The maximum Gasteiger partial charge on any atom is 0.328 e. The number of hydroxylamine groups is 1. The SMILES string of the molecule is COC(=O)[C@H](CC(C)C)Nc1c(N(C)O)c(=O)c1=O. The Labute approximate surface area is 110 Å². The Hall–Kier alpha value is -1.89. The normalized spacial score (nSPS) is 12.5. The molecule has 0 spiro atoms. The fraction of sp³-hybridized carbons (Fsp3) is 0.583. The molecule has 0 bridgehead atoms. The first-order valence-corrected chi connectivity index (χ1v) is 5.89. The molecule has 106 valence electrons. The van der Waals surface area contributed by atoms with E-state index in [1.54, 1.807) is 0 Å². The van der Waals surface area contributed by atoms with Gasteiger partial charge in [-0.1, -0.05) is 13.8 Å². The lowest BCUT2D eigenvalue weighted by atomic mass is 10.0. The molecule has 0 saturated heterocycles. The van der Waals surface area contributed by atoms with Crippen molar-refractivity contribution in [2.75, 3.05) is 24.5 Å². The van der Waals surface area contributed by atoms with Gasteiger partial charge in [0.15, 0.2) is 0 Å². The van der Waals surface area contributed by atoms with Gasteiger partial charge in [0.25, 0.3) is 10.9 Å². The van der Waals surface area contributed by atoms with Crippen molar-refractivity contribution in [3.8, 4) is 0 Å². The molecule has 1 atom stereocenters. The van der Waals surface area contributed by atoms with Crippen molar-refractivity contribution < 1.29 is 14.7 Å². The molecule has 7 heteroatoms. The summed E-state index contributed by atoms with van der Waals surface area (Å²) >= 11 is 0. The number of methoxy groups -OCH3 is 1. The third-order valence-electron chi connectivity index (χ3n) is 2.72. The molecule has 0 heterocycles. The number of esters is 1. The minimum absolute atomic E-state index is 0.0500. The maximum atomic E-state index is 11.6. The van der Waals surface area contributed by atoms with E-state index in [1.165, 1.54) is 14.2 Å². The van der Waals surface area contributed by atoms with Gasteiger partial charge in [-0.2, -0.15) is 0 Å². The monoisotopic (exact) mass is 270 g/mol. The van der Waals surface area contributed by atoms with E-state index in [-0.39, 0.29) is 17.3 Å². The van der Waals surface area contributed by atoms with Crippen LogP contribution in [0.5, 0.6) is 0 Å². The van der Waals surface area contributed by atoms with Crippen molar-refractivity contribution in [2.45, 2.75) is 26.3 Å². The summed E-state index contributed by atoms with van der Waals surface area (Å²) in [7, 11) is 2.48. The van der Waals surface area contributed by atoms with Crippen molar-refractivity contribution in [1.29, 1.82) is 0 Å². The molecule has 0 amide bonds. The highest BCUT2D eigenvalue weighted by atomic mass is 16.5. The summed E-state index contributed by atoms with van der Waals surface area (Å²) < 4.78 is 4.64. The van der Waals surface area contributed by atoms with Crippen LogP contribution in [0, 0.1) is 5.92 Å². The second-order valence-electron chi connectivity index (χ2n) is 4.76. The molecule has 0 aliphatic carbocycles. The van der Waals surface area contributed by atoms with Gasteiger partial charge in [-0.15, -0.1) is 0 Å². The van der Waals surface area contributed by atoms with E-state index in [2.05, 4.69) is 10.1 Å². The Bertz CT molecular complexity index is 528. The van der Waals surface area contributed by atoms with E-state index < -0.39 is 22.9 Å². The largest absolute Gasteiger partial charge is 0.467 e.